The number of ether oxygens (including phenoxy) is 1. The number of para-hydroxylation sites is 2. The summed E-state index contributed by atoms with van der Waals surface area (Å²) in [6, 6.07) is 24.0. The molecule has 4 aromatic rings. The fraction of sp³-hybridized carbons (Fsp3) is 0.0833. The van der Waals surface area contributed by atoms with Gasteiger partial charge in [-0.2, -0.15) is 0 Å². The maximum absolute atomic E-state index is 12.4. The van der Waals surface area contributed by atoms with Gasteiger partial charge in [-0.25, -0.2) is 0 Å². The van der Waals surface area contributed by atoms with Crippen LogP contribution in [0.1, 0.15) is 10.4 Å². The van der Waals surface area contributed by atoms with Crippen LogP contribution in [0.3, 0.4) is 0 Å². The van der Waals surface area contributed by atoms with E-state index in [0.29, 0.717) is 22.3 Å². The van der Waals surface area contributed by atoms with E-state index in [0.717, 1.165) is 15.7 Å². The molecule has 4 rings (SSSR count). The van der Waals surface area contributed by atoms with Crippen molar-refractivity contribution < 1.29 is 14.3 Å². The zero-order chi connectivity index (χ0) is 23.9. The van der Waals surface area contributed by atoms with Crippen molar-refractivity contribution in [3.8, 4) is 22.8 Å². The first-order valence-electron chi connectivity index (χ1n) is 10.2. The normalized spacial score (nSPS) is 10.5. The van der Waals surface area contributed by atoms with Crippen molar-refractivity contribution >= 4 is 39.5 Å². The minimum atomic E-state index is -0.406. The van der Waals surface area contributed by atoms with Crippen LogP contribution in [0.2, 0.25) is 0 Å². The van der Waals surface area contributed by atoms with Gasteiger partial charge < -0.3 is 4.74 Å². The summed E-state index contributed by atoms with van der Waals surface area (Å²) in [5.41, 5.74) is 6.91. The molecule has 3 aromatic carbocycles. The largest absolute Gasteiger partial charge is 0.496 e. The second-order valence-electron chi connectivity index (χ2n) is 6.98. The molecule has 10 heteroatoms. The summed E-state index contributed by atoms with van der Waals surface area (Å²) in [5, 5.41) is 9.22. The Labute approximate surface area is 208 Å². The third-order valence-corrected chi connectivity index (χ3v) is 6.21. The lowest BCUT2D eigenvalue weighted by molar-refractivity contribution is -0.119. The van der Waals surface area contributed by atoms with E-state index in [2.05, 4.69) is 37.0 Å². The van der Waals surface area contributed by atoms with Crippen molar-refractivity contribution in [1.82, 2.24) is 25.6 Å². The van der Waals surface area contributed by atoms with Crippen LogP contribution in [0.15, 0.2) is 88.5 Å². The molecular formula is C24H20BrN5O3S. The SMILES string of the molecule is COc1ccccc1-c1nnc(SCC(=O)NNC(=O)c2ccc(Br)cc2)n1-c1ccccc1. The van der Waals surface area contributed by atoms with E-state index in [1.165, 1.54) is 11.8 Å². The van der Waals surface area contributed by atoms with Crippen LogP contribution in [-0.2, 0) is 4.79 Å². The fourth-order valence-electron chi connectivity index (χ4n) is 3.14. The first-order chi connectivity index (χ1) is 16.6. The monoisotopic (exact) mass is 537 g/mol. The molecule has 1 aromatic heterocycles. The number of benzene rings is 3. The first-order valence-corrected chi connectivity index (χ1v) is 12.0. The number of thioether (sulfide) groups is 1. The number of hydrogen-bond acceptors (Lipinski definition) is 6. The van der Waals surface area contributed by atoms with E-state index in [1.54, 1.807) is 31.4 Å². The number of rotatable bonds is 7. The molecule has 0 spiro atoms. The molecule has 0 radical (unpaired) electrons. The average Bonchev–Trinajstić information content (AvgIpc) is 3.30. The van der Waals surface area contributed by atoms with Crippen LogP contribution < -0.4 is 15.6 Å². The topological polar surface area (TPSA) is 98.1 Å². The molecule has 2 amide bonds. The van der Waals surface area contributed by atoms with E-state index in [1.807, 2.05) is 59.2 Å². The lowest BCUT2D eigenvalue weighted by atomic mass is 10.2. The summed E-state index contributed by atoms with van der Waals surface area (Å²) in [6.07, 6.45) is 0. The van der Waals surface area contributed by atoms with E-state index in [4.69, 9.17) is 4.74 Å². The van der Waals surface area contributed by atoms with Crippen LogP contribution in [0.5, 0.6) is 5.75 Å². The smallest absolute Gasteiger partial charge is 0.269 e. The van der Waals surface area contributed by atoms with Gasteiger partial charge in [-0.15, -0.1) is 10.2 Å². The minimum absolute atomic E-state index is 0.0253. The van der Waals surface area contributed by atoms with Gasteiger partial charge in [0.05, 0.1) is 18.4 Å². The molecule has 0 fully saturated rings. The lowest BCUT2D eigenvalue weighted by Crippen LogP contribution is -2.42. The molecule has 0 saturated carbocycles. The van der Waals surface area contributed by atoms with E-state index >= 15 is 0 Å². The average molecular weight is 538 g/mol. The zero-order valence-corrected chi connectivity index (χ0v) is 20.5. The Morgan fingerprint density at radius 1 is 0.941 bits per heavy atom. The molecular weight excluding hydrogens is 518 g/mol. The van der Waals surface area contributed by atoms with E-state index < -0.39 is 5.91 Å². The van der Waals surface area contributed by atoms with Gasteiger partial charge in [-0.05, 0) is 48.5 Å². The van der Waals surface area contributed by atoms with Gasteiger partial charge in [0, 0.05) is 15.7 Å². The zero-order valence-electron chi connectivity index (χ0n) is 18.1. The van der Waals surface area contributed by atoms with Crippen LogP contribution in [0.4, 0.5) is 0 Å². The predicted molar refractivity (Wildman–Crippen MR) is 134 cm³/mol. The molecule has 1 heterocycles. The Bertz CT molecular complexity index is 1300. The Balaban J connectivity index is 1.50. The summed E-state index contributed by atoms with van der Waals surface area (Å²) in [5.74, 6) is 0.498. The highest BCUT2D eigenvalue weighted by Crippen LogP contribution is 2.33. The summed E-state index contributed by atoms with van der Waals surface area (Å²) in [7, 11) is 1.60. The second kappa shape index (κ2) is 11.0. The highest BCUT2D eigenvalue weighted by Gasteiger charge is 2.19. The van der Waals surface area contributed by atoms with Gasteiger partial charge in [0.15, 0.2) is 11.0 Å². The Hall–Kier alpha value is -3.63. The number of carbonyl (C=O) groups is 2. The van der Waals surface area contributed by atoms with Crippen molar-refractivity contribution in [2.75, 3.05) is 12.9 Å². The van der Waals surface area contributed by atoms with Crippen LogP contribution >= 0.6 is 27.7 Å². The molecule has 34 heavy (non-hydrogen) atoms. The van der Waals surface area contributed by atoms with Crippen LogP contribution in [0.25, 0.3) is 17.1 Å². The van der Waals surface area contributed by atoms with Gasteiger partial charge in [-0.3, -0.25) is 25.0 Å². The number of amides is 2. The number of hydrogen-bond donors (Lipinski definition) is 2. The van der Waals surface area contributed by atoms with Crippen molar-refractivity contribution in [3.63, 3.8) is 0 Å². The van der Waals surface area contributed by atoms with Crippen molar-refractivity contribution in [2.24, 2.45) is 0 Å². The molecule has 0 aliphatic rings. The molecule has 172 valence electrons. The molecule has 0 aliphatic heterocycles. The number of aromatic nitrogens is 3. The van der Waals surface area contributed by atoms with Crippen molar-refractivity contribution in [2.45, 2.75) is 5.16 Å². The first kappa shape index (κ1) is 23.5. The highest BCUT2D eigenvalue weighted by atomic mass is 79.9. The standard InChI is InChI=1S/C24H20BrN5O3S/c1-33-20-10-6-5-9-19(20)22-27-29-24(30(22)18-7-3-2-4-8-18)34-15-21(31)26-28-23(32)16-11-13-17(25)14-12-16/h2-14H,15H2,1H3,(H,26,31)(H,28,32). The molecule has 8 nitrogen and oxygen atoms in total. The van der Waals surface area contributed by atoms with Gasteiger partial charge in [0.1, 0.15) is 5.75 Å². The van der Waals surface area contributed by atoms with Crippen LogP contribution in [-0.4, -0.2) is 39.4 Å². The molecule has 0 saturated heterocycles. The summed E-state index contributed by atoms with van der Waals surface area (Å²) >= 11 is 4.53. The van der Waals surface area contributed by atoms with Crippen molar-refractivity contribution in [1.29, 1.82) is 0 Å². The molecule has 0 aliphatic carbocycles. The minimum Gasteiger partial charge on any atom is -0.496 e. The van der Waals surface area contributed by atoms with E-state index in [-0.39, 0.29) is 11.7 Å². The van der Waals surface area contributed by atoms with Gasteiger partial charge in [-0.1, -0.05) is 58.0 Å². The molecule has 0 bridgehead atoms. The summed E-state index contributed by atoms with van der Waals surface area (Å²) < 4.78 is 8.23. The lowest BCUT2D eigenvalue weighted by Gasteiger charge is -2.12. The third kappa shape index (κ3) is 5.46. The third-order valence-electron chi connectivity index (χ3n) is 4.75. The predicted octanol–water partition coefficient (Wildman–Crippen LogP) is 4.26. The number of nitrogens with zero attached hydrogens (tertiary/aromatic N) is 3. The van der Waals surface area contributed by atoms with Crippen molar-refractivity contribution in [3.05, 3.63) is 88.9 Å². The number of halogens is 1. The molecule has 0 atom stereocenters. The van der Waals surface area contributed by atoms with Crippen LogP contribution in [0, 0.1) is 0 Å². The highest BCUT2D eigenvalue weighted by molar-refractivity contribution is 9.10. The quantitative estimate of drug-likeness (QED) is 0.270. The van der Waals surface area contributed by atoms with Gasteiger partial charge >= 0.3 is 0 Å². The summed E-state index contributed by atoms with van der Waals surface area (Å²) in [4.78, 5) is 24.6. The van der Waals surface area contributed by atoms with Gasteiger partial charge in [0.2, 0.25) is 5.91 Å². The number of nitrogens with one attached hydrogen (secondary N) is 2. The second-order valence-corrected chi connectivity index (χ2v) is 8.83. The Kier molecular flexibility index (Phi) is 7.61. The molecule has 0 unspecified atom stereocenters. The Morgan fingerprint density at radius 2 is 1.65 bits per heavy atom. The number of hydrazine groups is 1. The molecule has 2 N–H and O–H groups in total. The summed E-state index contributed by atoms with van der Waals surface area (Å²) in [6.45, 7) is 0. The van der Waals surface area contributed by atoms with E-state index in [9.17, 15) is 9.59 Å². The fourth-order valence-corrected chi connectivity index (χ4v) is 4.16. The number of methoxy groups -OCH3 is 1. The maximum Gasteiger partial charge on any atom is 0.269 e. The number of carbonyl (C=O) groups excluding carboxylic acids is 2. The maximum atomic E-state index is 12.4. The Morgan fingerprint density at radius 3 is 2.38 bits per heavy atom. The van der Waals surface area contributed by atoms with Gasteiger partial charge in [0.25, 0.3) is 5.91 Å².